The van der Waals surface area contributed by atoms with Crippen molar-refractivity contribution in [2.45, 2.75) is 16.6 Å². The van der Waals surface area contributed by atoms with Gasteiger partial charge in [-0.15, -0.1) is 0 Å². The Morgan fingerprint density at radius 2 is 1.58 bits per heavy atom. The Morgan fingerprint density at radius 1 is 0.861 bits per heavy atom. The molecule has 0 saturated carbocycles. The van der Waals surface area contributed by atoms with Gasteiger partial charge in [-0.05, 0) is 72.3 Å². The van der Waals surface area contributed by atoms with E-state index in [1.54, 1.807) is 36.5 Å². The van der Waals surface area contributed by atoms with Gasteiger partial charge in [0.2, 0.25) is 0 Å². The molecule has 0 bridgehead atoms. The summed E-state index contributed by atoms with van der Waals surface area (Å²) in [4.78, 5) is 32.0. The number of carbonyl (C=O) groups excluding carboxylic acids is 1. The van der Waals surface area contributed by atoms with Crippen LogP contribution in [0.25, 0.3) is 0 Å². The van der Waals surface area contributed by atoms with Gasteiger partial charge in [0.1, 0.15) is 11.1 Å². The van der Waals surface area contributed by atoms with Gasteiger partial charge in [-0.25, -0.2) is 13.4 Å². The molecule has 0 aliphatic heterocycles. The number of benzene rings is 2. The molecule has 36 heavy (non-hydrogen) atoms. The molecule has 3 N–H and O–H groups in total. The molecule has 0 spiro atoms. The lowest BCUT2D eigenvalue weighted by molar-refractivity contribution is -0.137. The van der Waals surface area contributed by atoms with Gasteiger partial charge >= 0.3 is 5.97 Å². The first-order valence-electron chi connectivity index (χ1n) is 10.9. The molecule has 2 aromatic carbocycles. The molecular formula is C26H22N4O5S. The minimum absolute atomic E-state index is 0.0550. The third kappa shape index (κ3) is 5.91. The number of amides is 1. The van der Waals surface area contributed by atoms with Gasteiger partial charge in [-0.2, -0.15) is 0 Å². The predicted octanol–water partition coefficient (Wildman–Crippen LogP) is 4.46. The van der Waals surface area contributed by atoms with Crippen LogP contribution in [0.4, 0.5) is 17.2 Å². The van der Waals surface area contributed by atoms with Crippen LogP contribution in [-0.4, -0.2) is 35.4 Å². The van der Waals surface area contributed by atoms with E-state index in [2.05, 4.69) is 20.6 Å². The number of carboxylic acids is 1. The zero-order valence-corrected chi connectivity index (χ0v) is 19.7. The van der Waals surface area contributed by atoms with Gasteiger partial charge in [0, 0.05) is 35.5 Å². The van der Waals surface area contributed by atoms with E-state index in [-0.39, 0.29) is 10.8 Å². The van der Waals surface area contributed by atoms with Crippen LogP contribution in [0.2, 0.25) is 0 Å². The number of aromatic nitrogens is 2. The fourth-order valence-corrected chi connectivity index (χ4v) is 5.22. The van der Waals surface area contributed by atoms with Crippen molar-refractivity contribution in [1.29, 1.82) is 0 Å². The number of nitrogens with one attached hydrogen (secondary N) is 2. The lowest BCUT2D eigenvalue weighted by Gasteiger charge is -2.16. The summed E-state index contributed by atoms with van der Waals surface area (Å²) in [6, 6.07) is 21.0. The van der Waals surface area contributed by atoms with E-state index in [9.17, 15) is 23.1 Å². The maximum Gasteiger partial charge on any atom is 0.305 e. The molecule has 10 heteroatoms. The molecule has 0 radical (unpaired) electrons. The number of nitrogens with zero attached hydrogens (tertiary/aromatic N) is 2. The quantitative estimate of drug-likeness (QED) is 0.305. The Morgan fingerprint density at radius 3 is 2.19 bits per heavy atom. The molecule has 0 aliphatic carbocycles. The van der Waals surface area contributed by atoms with Crippen molar-refractivity contribution in [3.8, 4) is 0 Å². The summed E-state index contributed by atoms with van der Waals surface area (Å²) in [6.07, 6.45) is 3.90. The van der Waals surface area contributed by atoms with Crippen molar-refractivity contribution in [1.82, 2.24) is 9.97 Å². The van der Waals surface area contributed by atoms with Crippen molar-refractivity contribution in [2.24, 2.45) is 0 Å². The molecule has 182 valence electrons. The first-order chi connectivity index (χ1) is 17.3. The van der Waals surface area contributed by atoms with Crippen molar-refractivity contribution in [3.63, 3.8) is 0 Å². The topological polar surface area (TPSA) is 138 Å². The summed E-state index contributed by atoms with van der Waals surface area (Å²) in [5, 5.41) is 13.8. The van der Waals surface area contributed by atoms with E-state index < -0.39 is 27.5 Å². The van der Waals surface area contributed by atoms with Crippen LogP contribution in [0.15, 0.2) is 102 Å². The molecule has 4 aromatic rings. The summed E-state index contributed by atoms with van der Waals surface area (Å²) in [7, 11) is -4.02. The van der Waals surface area contributed by atoms with Gasteiger partial charge in [0.25, 0.3) is 5.91 Å². The zero-order valence-electron chi connectivity index (χ0n) is 18.9. The van der Waals surface area contributed by atoms with Crippen molar-refractivity contribution < 1.29 is 23.1 Å². The maximum atomic E-state index is 13.2. The number of carbonyl (C=O) groups is 2. The van der Waals surface area contributed by atoms with Crippen LogP contribution in [0, 0.1) is 0 Å². The van der Waals surface area contributed by atoms with Gasteiger partial charge in [0.05, 0.1) is 11.3 Å². The molecule has 0 saturated heterocycles. The van der Waals surface area contributed by atoms with E-state index in [4.69, 9.17) is 0 Å². The van der Waals surface area contributed by atoms with Gasteiger partial charge in [-0.3, -0.25) is 14.6 Å². The smallest absolute Gasteiger partial charge is 0.305 e. The molecule has 1 amide bonds. The van der Waals surface area contributed by atoms with Crippen LogP contribution in [-0.2, 0) is 14.6 Å². The molecule has 2 aromatic heterocycles. The van der Waals surface area contributed by atoms with Crippen molar-refractivity contribution in [2.75, 3.05) is 10.6 Å². The Bertz CT molecular complexity index is 1440. The molecule has 0 aliphatic rings. The van der Waals surface area contributed by atoms with Crippen LogP contribution in [0.1, 0.15) is 27.6 Å². The second-order valence-electron chi connectivity index (χ2n) is 7.81. The molecule has 4 rings (SSSR count). The fraction of sp³-hybridized carbons (Fsp3) is 0.0769. The zero-order chi connectivity index (χ0) is 25.5. The Balaban J connectivity index is 1.46. The second kappa shape index (κ2) is 10.8. The third-order valence-electron chi connectivity index (χ3n) is 5.32. The van der Waals surface area contributed by atoms with Crippen molar-refractivity contribution in [3.05, 3.63) is 109 Å². The first kappa shape index (κ1) is 24.6. The van der Waals surface area contributed by atoms with Gasteiger partial charge < -0.3 is 15.7 Å². The Kier molecular flexibility index (Phi) is 7.36. The average Bonchev–Trinajstić information content (AvgIpc) is 2.89. The van der Waals surface area contributed by atoms with Gasteiger partial charge in [-0.1, -0.05) is 12.1 Å². The van der Waals surface area contributed by atoms with E-state index in [0.29, 0.717) is 22.6 Å². The number of hydrogen-bond donors (Lipinski definition) is 3. The lowest BCUT2D eigenvalue weighted by Crippen LogP contribution is -2.18. The largest absolute Gasteiger partial charge is 0.481 e. The van der Waals surface area contributed by atoms with E-state index in [0.717, 1.165) is 5.69 Å². The van der Waals surface area contributed by atoms with E-state index in [1.165, 1.54) is 42.7 Å². The standard InChI is InChI=1S/C26H22N4O5S/c31-25(32)16-23(19-4-3-14-27-17-19)36(34,35)22-12-10-21(11-13-22)30-26(33)18-6-8-20(9-7-18)29-24-5-1-2-15-28-24/h1-15,17,23H,16H2,(H,28,29)(H,30,33)(H,31,32). The highest BCUT2D eigenvalue weighted by Crippen LogP contribution is 2.32. The molecule has 1 atom stereocenters. The maximum absolute atomic E-state index is 13.2. The summed E-state index contributed by atoms with van der Waals surface area (Å²) in [6.45, 7) is 0. The van der Waals surface area contributed by atoms with Crippen molar-refractivity contribution >= 4 is 38.9 Å². The number of sulfone groups is 1. The molecule has 9 nitrogen and oxygen atoms in total. The van der Waals surface area contributed by atoms with Crippen LogP contribution in [0.5, 0.6) is 0 Å². The van der Waals surface area contributed by atoms with E-state index >= 15 is 0 Å². The van der Waals surface area contributed by atoms with Crippen LogP contribution in [0.3, 0.4) is 0 Å². The highest BCUT2D eigenvalue weighted by atomic mass is 32.2. The number of anilines is 3. The second-order valence-corrected chi connectivity index (χ2v) is 9.94. The van der Waals surface area contributed by atoms with Crippen LogP contribution < -0.4 is 10.6 Å². The SMILES string of the molecule is O=C(O)CC(c1cccnc1)S(=O)(=O)c1ccc(NC(=O)c2ccc(Nc3ccccn3)cc2)cc1. The predicted molar refractivity (Wildman–Crippen MR) is 135 cm³/mol. The monoisotopic (exact) mass is 502 g/mol. The van der Waals surface area contributed by atoms with E-state index in [1.807, 2.05) is 18.2 Å². The molecule has 2 heterocycles. The lowest BCUT2D eigenvalue weighted by atomic mass is 10.1. The molecular weight excluding hydrogens is 480 g/mol. The fourth-order valence-electron chi connectivity index (χ4n) is 3.52. The number of pyridine rings is 2. The molecule has 1 unspecified atom stereocenters. The highest BCUT2D eigenvalue weighted by molar-refractivity contribution is 7.91. The Hall–Kier alpha value is -4.57. The summed E-state index contributed by atoms with van der Waals surface area (Å²) >= 11 is 0. The number of carboxylic acid groups (broad SMARTS) is 1. The number of rotatable bonds is 9. The summed E-state index contributed by atoms with van der Waals surface area (Å²) in [5.41, 5.74) is 1.87. The molecule has 0 fully saturated rings. The summed E-state index contributed by atoms with van der Waals surface area (Å²) < 4.78 is 26.4. The summed E-state index contributed by atoms with van der Waals surface area (Å²) in [5.74, 6) is -0.925. The minimum Gasteiger partial charge on any atom is -0.481 e. The highest BCUT2D eigenvalue weighted by Gasteiger charge is 2.31. The number of aliphatic carboxylic acids is 1. The third-order valence-corrected chi connectivity index (χ3v) is 7.43. The first-order valence-corrected chi connectivity index (χ1v) is 12.4. The average molecular weight is 503 g/mol. The number of hydrogen-bond acceptors (Lipinski definition) is 7. The Labute approximate surface area is 207 Å². The minimum atomic E-state index is -4.02. The van der Waals surface area contributed by atoms with Crippen LogP contribution >= 0.6 is 0 Å². The van der Waals surface area contributed by atoms with Gasteiger partial charge in [0.15, 0.2) is 9.84 Å². The normalized spacial score (nSPS) is 11.9.